The normalized spacial score (nSPS) is 25.1. The quantitative estimate of drug-likeness (QED) is 0.770. The van der Waals surface area contributed by atoms with Gasteiger partial charge in [0.2, 0.25) is 0 Å². The van der Waals surface area contributed by atoms with Gasteiger partial charge in [-0.15, -0.1) is 5.10 Å². The van der Waals surface area contributed by atoms with Gasteiger partial charge in [-0.05, 0) is 80.1 Å². The number of carbonyl (C=O) groups excluding carboxylic acids is 1. The van der Waals surface area contributed by atoms with E-state index in [9.17, 15) is 4.79 Å². The molecule has 0 spiro atoms. The number of carbonyl (C=O) groups is 1. The largest absolute Gasteiger partial charge is 0.373 e. The Hall–Kier alpha value is -2.52. The molecule has 2 aromatic rings. The Morgan fingerprint density at radius 2 is 1.75 bits per heavy atom. The first-order chi connectivity index (χ1) is 15.5. The van der Waals surface area contributed by atoms with E-state index < -0.39 is 0 Å². The molecule has 3 fully saturated rings. The van der Waals surface area contributed by atoms with E-state index in [1.165, 1.54) is 0 Å². The Kier molecular flexibility index (Phi) is 6.10. The third-order valence-electron chi connectivity index (χ3n) is 6.69. The predicted molar refractivity (Wildman–Crippen MR) is 121 cm³/mol. The van der Waals surface area contributed by atoms with Crippen LogP contribution in [0.25, 0.3) is 11.4 Å². The second-order valence-corrected chi connectivity index (χ2v) is 9.59. The number of hydrogen-bond acceptors (Lipinski definition) is 6. The molecule has 2 atom stereocenters. The van der Waals surface area contributed by atoms with Crippen LogP contribution in [0.1, 0.15) is 45.6 Å². The number of rotatable bonds is 5. The van der Waals surface area contributed by atoms with Crippen LogP contribution in [-0.4, -0.2) is 81.0 Å². The van der Waals surface area contributed by atoms with Crippen molar-refractivity contribution in [1.29, 1.82) is 0 Å². The predicted octanol–water partition coefficient (Wildman–Crippen LogP) is 3.03. The van der Waals surface area contributed by atoms with Crippen LogP contribution in [0, 0.1) is 5.92 Å². The zero-order valence-electron chi connectivity index (χ0n) is 19.0. The lowest BCUT2D eigenvalue weighted by Crippen LogP contribution is -2.49. The number of urea groups is 1. The van der Waals surface area contributed by atoms with E-state index in [4.69, 9.17) is 4.74 Å². The second-order valence-electron chi connectivity index (χ2n) is 9.59. The highest BCUT2D eigenvalue weighted by atomic mass is 16.5. The van der Waals surface area contributed by atoms with Gasteiger partial charge < -0.3 is 15.0 Å². The fourth-order valence-corrected chi connectivity index (χ4v) is 4.97. The highest BCUT2D eigenvalue weighted by Crippen LogP contribution is 2.36. The zero-order valence-corrected chi connectivity index (χ0v) is 19.0. The summed E-state index contributed by atoms with van der Waals surface area (Å²) >= 11 is 0. The number of morpholine rings is 1. The van der Waals surface area contributed by atoms with Crippen molar-refractivity contribution >= 4 is 11.7 Å². The molecule has 1 aliphatic carbocycles. The van der Waals surface area contributed by atoms with Gasteiger partial charge in [0, 0.05) is 44.0 Å². The molecular weight excluding hydrogens is 406 g/mol. The van der Waals surface area contributed by atoms with Gasteiger partial charge in [0.1, 0.15) is 0 Å². The lowest BCUT2D eigenvalue weighted by Gasteiger charge is -2.39. The molecule has 3 aliphatic rings. The number of likely N-dealkylation sites (tertiary alicyclic amines) is 1. The van der Waals surface area contributed by atoms with Crippen molar-refractivity contribution in [2.45, 2.75) is 57.8 Å². The lowest BCUT2D eigenvalue weighted by molar-refractivity contribution is -0.0728. The number of nitrogens with one attached hydrogen (secondary N) is 1. The van der Waals surface area contributed by atoms with Crippen molar-refractivity contribution < 1.29 is 9.53 Å². The molecule has 5 rings (SSSR count). The minimum atomic E-state index is -0.0207. The minimum absolute atomic E-state index is 0.0207. The van der Waals surface area contributed by atoms with Crippen molar-refractivity contribution in [3.63, 3.8) is 0 Å². The van der Waals surface area contributed by atoms with Gasteiger partial charge in [-0.3, -0.25) is 4.90 Å². The molecule has 3 heterocycles. The Morgan fingerprint density at radius 3 is 2.41 bits per heavy atom. The van der Waals surface area contributed by atoms with Gasteiger partial charge >= 0.3 is 6.03 Å². The molecule has 2 unspecified atom stereocenters. The zero-order chi connectivity index (χ0) is 22.1. The maximum Gasteiger partial charge on any atom is 0.321 e. The van der Waals surface area contributed by atoms with E-state index in [2.05, 4.69) is 39.6 Å². The second kappa shape index (κ2) is 9.15. The van der Waals surface area contributed by atoms with Crippen LogP contribution in [-0.2, 0) is 4.74 Å². The number of amides is 2. The summed E-state index contributed by atoms with van der Waals surface area (Å²) in [5.41, 5.74) is 1.76. The van der Waals surface area contributed by atoms with Crippen LogP contribution in [0.2, 0.25) is 0 Å². The number of piperidine rings is 1. The first kappa shape index (κ1) is 21.3. The molecule has 2 amide bonds. The maximum absolute atomic E-state index is 12.8. The van der Waals surface area contributed by atoms with Gasteiger partial charge in [-0.25, -0.2) is 9.48 Å². The summed E-state index contributed by atoms with van der Waals surface area (Å²) in [6, 6.07) is 8.19. The number of nitrogens with zero attached hydrogens (tertiary/aromatic N) is 6. The average molecular weight is 440 g/mol. The number of aromatic nitrogens is 4. The molecule has 32 heavy (non-hydrogen) atoms. The molecule has 1 aromatic carbocycles. The molecular formula is C23H33N7O2. The number of benzene rings is 1. The summed E-state index contributed by atoms with van der Waals surface area (Å²) in [5, 5.41) is 15.1. The van der Waals surface area contributed by atoms with Crippen molar-refractivity contribution in [1.82, 2.24) is 30.0 Å². The highest BCUT2D eigenvalue weighted by Gasteiger charge is 2.29. The topological polar surface area (TPSA) is 88.4 Å². The van der Waals surface area contributed by atoms with Crippen molar-refractivity contribution in [2.75, 3.05) is 38.0 Å². The molecule has 0 radical (unpaired) electrons. The van der Waals surface area contributed by atoms with Crippen LogP contribution < -0.4 is 5.32 Å². The summed E-state index contributed by atoms with van der Waals surface area (Å²) in [7, 11) is 0. The maximum atomic E-state index is 12.8. The summed E-state index contributed by atoms with van der Waals surface area (Å²) in [5.74, 6) is 1.43. The molecule has 2 saturated heterocycles. The fraction of sp³-hybridized carbons (Fsp3) is 0.652. The standard InChI is InChI=1S/C23H33N7O2/c1-16-13-28(14-17(2)32-16)15-18-9-11-29(12-10-18)23(31)24-20-5-3-19(4-6-20)22-25-26-27-30(22)21-7-8-21/h3-6,16-18,21H,7-15H2,1-2H3,(H,24,31). The van der Waals surface area contributed by atoms with Gasteiger partial charge in [-0.1, -0.05) is 0 Å². The lowest BCUT2D eigenvalue weighted by atomic mass is 9.96. The van der Waals surface area contributed by atoms with Crippen molar-refractivity contribution in [2.24, 2.45) is 5.92 Å². The smallest absolute Gasteiger partial charge is 0.321 e. The molecule has 1 aromatic heterocycles. The Morgan fingerprint density at radius 1 is 1.06 bits per heavy atom. The fourth-order valence-electron chi connectivity index (χ4n) is 4.97. The monoisotopic (exact) mass is 439 g/mol. The van der Waals surface area contributed by atoms with E-state index >= 15 is 0 Å². The summed E-state index contributed by atoms with van der Waals surface area (Å²) in [4.78, 5) is 17.2. The third-order valence-corrected chi connectivity index (χ3v) is 6.69. The van der Waals surface area contributed by atoms with Crippen molar-refractivity contribution in [3.05, 3.63) is 24.3 Å². The Bertz CT molecular complexity index is 909. The molecule has 1 N–H and O–H groups in total. The number of tetrazole rings is 1. The summed E-state index contributed by atoms with van der Waals surface area (Å²) < 4.78 is 7.74. The van der Waals surface area contributed by atoms with Crippen LogP contribution in [0.3, 0.4) is 0 Å². The van der Waals surface area contributed by atoms with E-state index in [0.29, 0.717) is 24.2 Å². The molecule has 2 aliphatic heterocycles. The SMILES string of the molecule is CC1CN(CC2CCN(C(=O)Nc3ccc(-c4nnnn4C4CC4)cc3)CC2)CC(C)O1. The molecule has 1 saturated carbocycles. The van der Waals surface area contributed by atoms with Gasteiger partial charge in [-0.2, -0.15) is 0 Å². The summed E-state index contributed by atoms with van der Waals surface area (Å²) in [6.45, 7) is 9.03. The summed E-state index contributed by atoms with van der Waals surface area (Å²) in [6.07, 6.45) is 4.97. The van der Waals surface area contributed by atoms with Crippen LogP contribution in [0.5, 0.6) is 0 Å². The number of ether oxygens (including phenoxy) is 1. The first-order valence-corrected chi connectivity index (χ1v) is 11.9. The molecule has 9 nitrogen and oxygen atoms in total. The Labute approximate surface area is 189 Å². The van der Waals surface area contributed by atoms with Gasteiger partial charge in [0.25, 0.3) is 0 Å². The Balaban J connectivity index is 1.11. The van der Waals surface area contributed by atoms with E-state index in [-0.39, 0.29) is 6.03 Å². The number of hydrogen-bond donors (Lipinski definition) is 1. The van der Waals surface area contributed by atoms with E-state index in [0.717, 1.165) is 75.5 Å². The molecule has 172 valence electrons. The first-order valence-electron chi connectivity index (χ1n) is 11.9. The van der Waals surface area contributed by atoms with Crippen molar-refractivity contribution in [3.8, 4) is 11.4 Å². The molecule has 0 bridgehead atoms. The minimum Gasteiger partial charge on any atom is -0.373 e. The van der Waals surface area contributed by atoms with Gasteiger partial charge in [0.05, 0.1) is 18.2 Å². The number of anilines is 1. The molecule has 9 heteroatoms. The third kappa shape index (κ3) is 4.94. The average Bonchev–Trinajstić information content (AvgIpc) is 3.50. The van der Waals surface area contributed by atoms with Crippen LogP contribution in [0.4, 0.5) is 10.5 Å². The van der Waals surface area contributed by atoms with E-state index in [1.807, 2.05) is 33.8 Å². The van der Waals surface area contributed by atoms with E-state index in [1.54, 1.807) is 0 Å². The van der Waals surface area contributed by atoms with Crippen LogP contribution in [0.15, 0.2) is 24.3 Å². The van der Waals surface area contributed by atoms with Gasteiger partial charge in [0.15, 0.2) is 5.82 Å². The van der Waals surface area contributed by atoms with Crippen LogP contribution >= 0.6 is 0 Å². The highest BCUT2D eigenvalue weighted by molar-refractivity contribution is 5.89.